The average Bonchev–Trinajstić information content (AvgIpc) is 2.96. The summed E-state index contributed by atoms with van der Waals surface area (Å²) in [5, 5.41) is 21.7. The molecule has 0 aliphatic heterocycles. The summed E-state index contributed by atoms with van der Waals surface area (Å²) in [6.07, 6.45) is 4.48. The van der Waals surface area contributed by atoms with Gasteiger partial charge in [0.05, 0.1) is 19.3 Å². The van der Waals surface area contributed by atoms with Crippen LogP contribution in [-0.4, -0.2) is 40.8 Å². The Labute approximate surface area is 114 Å². The Morgan fingerprint density at radius 1 is 1.40 bits per heavy atom. The number of methoxy groups -OCH3 is 1. The summed E-state index contributed by atoms with van der Waals surface area (Å²) in [5.41, 5.74) is 0.747. The SMILES string of the molecule is COc1cc(/C=N/n2cnnc2)ccc1OCC(=O)[O-]. The van der Waals surface area contributed by atoms with E-state index in [2.05, 4.69) is 15.3 Å². The number of ether oxygens (including phenoxy) is 2. The predicted octanol–water partition coefficient (Wildman–Crippen LogP) is -0.702. The molecule has 0 N–H and O–H groups in total. The summed E-state index contributed by atoms with van der Waals surface area (Å²) in [5.74, 6) is -0.581. The number of aliphatic carboxylic acids is 1. The van der Waals surface area contributed by atoms with E-state index >= 15 is 0 Å². The lowest BCUT2D eigenvalue weighted by Gasteiger charge is -2.11. The third kappa shape index (κ3) is 3.55. The van der Waals surface area contributed by atoms with Crippen molar-refractivity contribution < 1.29 is 19.4 Å². The molecular formula is C12H11N4O4-. The zero-order chi connectivity index (χ0) is 14.4. The Kier molecular flexibility index (Phi) is 4.28. The molecule has 0 fully saturated rings. The quantitative estimate of drug-likeness (QED) is 0.646. The third-order valence-electron chi connectivity index (χ3n) is 2.28. The highest BCUT2D eigenvalue weighted by Crippen LogP contribution is 2.27. The van der Waals surface area contributed by atoms with Gasteiger partial charge in [-0.15, -0.1) is 10.2 Å². The molecule has 0 saturated heterocycles. The van der Waals surface area contributed by atoms with E-state index in [1.165, 1.54) is 24.4 Å². The van der Waals surface area contributed by atoms with Crippen molar-refractivity contribution in [3.05, 3.63) is 36.4 Å². The predicted molar refractivity (Wildman–Crippen MR) is 66.5 cm³/mol. The highest BCUT2D eigenvalue weighted by molar-refractivity contribution is 5.80. The maximum atomic E-state index is 10.4. The summed E-state index contributed by atoms with van der Waals surface area (Å²) in [6.45, 7) is -0.537. The smallest absolute Gasteiger partial charge is 0.161 e. The molecule has 0 aliphatic rings. The first-order chi connectivity index (χ1) is 9.69. The molecule has 2 aromatic rings. The van der Waals surface area contributed by atoms with E-state index < -0.39 is 12.6 Å². The molecule has 1 aromatic heterocycles. The zero-order valence-corrected chi connectivity index (χ0v) is 10.6. The summed E-state index contributed by atoms with van der Waals surface area (Å²) in [7, 11) is 1.46. The van der Waals surface area contributed by atoms with Crippen molar-refractivity contribution in [1.82, 2.24) is 14.9 Å². The highest BCUT2D eigenvalue weighted by atomic mass is 16.5. The first kappa shape index (κ1) is 13.5. The van der Waals surface area contributed by atoms with Gasteiger partial charge in [-0.05, 0) is 23.8 Å². The molecule has 0 spiro atoms. The van der Waals surface area contributed by atoms with E-state index in [0.29, 0.717) is 11.5 Å². The molecule has 0 bridgehead atoms. The van der Waals surface area contributed by atoms with Crippen LogP contribution in [0.2, 0.25) is 0 Å². The first-order valence-corrected chi connectivity index (χ1v) is 5.58. The lowest BCUT2D eigenvalue weighted by atomic mass is 10.2. The number of rotatable bonds is 6. The molecule has 0 amide bonds. The van der Waals surface area contributed by atoms with Crippen molar-refractivity contribution in [1.29, 1.82) is 0 Å². The van der Waals surface area contributed by atoms with Gasteiger partial charge in [0.15, 0.2) is 11.5 Å². The Balaban J connectivity index is 2.14. The van der Waals surface area contributed by atoms with E-state index in [4.69, 9.17) is 9.47 Å². The standard InChI is InChI=1S/C12H12N4O4/c1-19-11-4-9(5-15-16-7-13-14-8-16)2-3-10(11)20-6-12(17)18/h2-5,7-8H,6H2,1H3,(H,17,18)/p-1/b15-5+. The number of carboxylic acid groups (broad SMARTS) is 1. The van der Waals surface area contributed by atoms with Gasteiger partial charge in [0.1, 0.15) is 19.3 Å². The van der Waals surface area contributed by atoms with Crippen molar-refractivity contribution in [3.8, 4) is 11.5 Å². The fourth-order valence-electron chi connectivity index (χ4n) is 1.41. The summed E-state index contributed by atoms with van der Waals surface area (Å²) in [6, 6.07) is 4.97. The van der Waals surface area contributed by atoms with Gasteiger partial charge in [-0.2, -0.15) is 5.10 Å². The van der Waals surface area contributed by atoms with Crippen LogP contribution in [0, 0.1) is 0 Å². The summed E-state index contributed by atoms with van der Waals surface area (Å²) >= 11 is 0. The lowest BCUT2D eigenvalue weighted by Crippen LogP contribution is -2.29. The van der Waals surface area contributed by atoms with Crippen molar-refractivity contribution >= 4 is 12.2 Å². The normalized spacial score (nSPS) is 10.7. The monoisotopic (exact) mass is 275 g/mol. The van der Waals surface area contributed by atoms with Crippen molar-refractivity contribution in [3.63, 3.8) is 0 Å². The van der Waals surface area contributed by atoms with Crippen LogP contribution in [0.5, 0.6) is 11.5 Å². The van der Waals surface area contributed by atoms with Crippen molar-refractivity contribution in [2.24, 2.45) is 5.10 Å². The van der Waals surface area contributed by atoms with Crippen molar-refractivity contribution in [2.75, 3.05) is 13.7 Å². The second-order valence-electron chi connectivity index (χ2n) is 3.66. The second-order valence-corrected chi connectivity index (χ2v) is 3.66. The van der Waals surface area contributed by atoms with Gasteiger partial charge in [0.2, 0.25) is 0 Å². The lowest BCUT2D eigenvalue weighted by molar-refractivity contribution is -0.307. The Morgan fingerprint density at radius 2 is 2.15 bits per heavy atom. The number of hydrogen-bond acceptors (Lipinski definition) is 7. The van der Waals surface area contributed by atoms with Crippen LogP contribution in [0.15, 0.2) is 36.0 Å². The van der Waals surface area contributed by atoms with Crippen LogP contribution in [0.3, 0.4) is 0 Å². The summed E-state index contributed by atoms with van der Waals surface area (Å²) in [4.78, 5) is 10.4. The number of benzene rings is 1. The molecule has 20 heavy (non-hydrogen) atoms. The van der Waals surface area contributed by atoms with Gasteiger partial charge in [-0.25, -0.2) is 4.68 Å². The minimum atomic E-state index is -1.30. The third-order valence-corrected chi connectivity index (χ3v) is 2.28. The van der Waals surface area contributed by atoms with Crippen LogP contribution in [0.25, 0.3) is 0 Å². The highest BCUT2D eigenvalue weighted by Gasteiger charge is 2.05. The molecule has 8 heteroatoms. The minimum absolute atomic E-state index is 0.318. The molecule has 0 aliphatic carbocycles. The van der Waals surface area contributed by atoms with E-state index in [0.717, 1.165) is 5.56 Å². The maximum absolute atomic E-state index is 10.4. The van der Waals surface area contributed by atoms with E-state index in [1.54, 1.807) is 24.4 Å². The van der Waals surface area contributed by atoms with E-state index in [9.17, 15) is 9.90 Å². The fraction of sp³-hybridized carbons (Fsp3) is 0.167. The number of hydrogen-bond donors (Lipinski definition) is 0. The van der Waals surface area contributed by atoms with Crippen LogP contribution in [0.4, 0.5) is 0 Å². The Hall–Kier alpha value is -2.90. The van der Waals surface area contributed by atoms with Gasteiger partial charge in [0, 0.05) is 0 Å². The molecule has 8 nitrogen and oxygen atoms in total. The number of aromatic nitrogens is 3. The van der Waals surface area contributed by atoms with Crippen LogP contribution in [0.1, 0.15) is 5.56 Å². The molecule has 1 heterocycles. The van der Waals surface area contributed by atoms with Gasteiger partial charge in [0.25, 0.3) is 0 Å². The molecular weight excluding hydrogens is 264 g/mol. The average molecular weight is 275 g/mol. The molecule has 0 radical (unpaired) electrons. The fourth-order valence-corrected chi connectivity index (χ4v) is 1.41. The first-order valence-electron chi connectivity index (χ1n) is 5.58. The molecule has 0 saturated carbocycles. The van der Waals surface area contributed by atoms with E-state index in [1.807, 2.05) is 0 Å². The molecule has 104 valence electrons. The number of nitrogens with zero attached hydrogens (tertiary/aromatic N) is 4. The summed E-state index contributed by atoms with van der Waals surface area (Å²) < 4.78 is 11.6. The largest absolute Gasteiger partial charge is 0.546 e. The topological polar surface area (TPSA) is 102 Å². The van der Waals surface area contributed by atoms with Crippen LogP contribution < -0.4 is 14.6 Å². The Morgan fingerprint density at radius 3 is 2.80 bits per heavy atom. The van der Waals surface area contributed by atoms with Crippen LogP contribution in [-0.2, 0) is 4.79 Å². The second kappa shape index (κ2) is 6.32. The Bertz CT molecular complexity index is 610. The maximum Gasteiger partial charge on any atom is 0.161 e. The zero-order valence-electron chi connectivity index (χ0n) is 10.6. The molecule has 0 atom stereocenters. The van der Waals surface area contributed by atoms with Gasteiger partial charge < -0.3 is 19.4 Å². The number of carboxylic acids is 1. The van der Waals surface area contributed by atoms with Gasteiger partial charge in [-0.3, -0.25) is 0 Å². The van der Waals surface area contributed by atoms with Crippen LogP contribution >= 0.6 is 0 Å². The number of carbonyl (C=O) groups excluding carboxylic acids is 1. The molecule has 2 rings (SSSR count). The van der Waals surface area contributed by atoms with Gasteiger partial charge >= 0.3 is 0 Å². The number of carbonyl (C=O) groups is 1. The van der Waals surface area contributed by atoms with E-state index in [-0.39, 0.29) is 0 Å². The van der Waals surface area contributed by atoms with Gasteiger partial charge in [-0.1, -0.05) is 0 Å². The van der Waals surface area contributed by atoms with Crippen molar-refractivity contribution in [2.45, 2.75) is 0 Å². The minimum Gasteiger partial charge on any atom is -0.546 e. The molecule has 0 unspecified atom stereocenters. The molecule has 1 aromatic carbocycles.